The monoisotopic (exact) mass is 706 g/mol. The van der Waals surface area contributed by atoms with Gasteiger partial charge in [-0.25, -0.2) is 9.59 Å². The molecule has 9 heteroatoms. The van der Waals surface area contributed by atoms with Crippen molar-refractivity contribution in [3.8, 4) is 0 Å². The Morgan fingerprint density at radius 3 is 1.08 bits per heavy atom. The number of aliphatic hydroxyl groups is 1. The van der Waals surface area contributed by atoms with Crippen molar-refractivity contribution >= 4 is 23.8 Å². The van der Waals surface area contributed by atoms with E-state index in [1.54, 1.807) is 27.7 Å². The molecule has 9 nitrogen and oxygen atoms in total. The lowest BCUT2D eigenvalue weighted by Gasteiger charge is -2.32. The minimum atomic E-state index is -1.51. The Bertz CT molecular complexity index is 1570. The molecule has 0 aliphatic heterocycles. The Balaban J connectivity index is 1.60. The van der Waals surface area contributed by atoms with Crippen molar-refractivity contribution in [2.75, 3.05) is 0 Å². The second-order valence-corrected chi connectivity index (χ2v) is 13.7. The molecule has 4 aromatic carbocycles. The average Bonchev–Trinajstić information content (AvgIpc) is 3.16. The number of amides is 2. The Kier molecular flexibility index (Phi) is 15.1. The Labute approximate surface area is 306 Å². The van der Waals surface area contributed by atoms with Crippen LogP contribution in [-0.4, -0.2) is 47.0 Å². The summed E-state index contributed by atoms with van der Waals surface area (Å²) in [6, 6.07) is 34.8. The topological polar surface area (TPSA) is 131 Å². The van der Waals surface area contributed by atoms with Crippen LogP contribution in [0.25, 0.3) is 0 Å². The van der Waals surface area contributed by atoms with E-state index in [-0.39, 0.29) is 37.9 Å². The van der Waals surface area contributed by atoms with Crippen LogP contribution in [0.15, 0.2) is 121 Å². The number of aliphatic hydroxyl groups excluding tert-OH is 1. The van der Waals surface area contributed by atoms with Crippen molar-refractivity contribution in [2.45, 2.75) is 71.9 Å². The molecule has 4 atom stereocenters. The van der Waals surface area contributed by atoms with E-state index in [4.69, 9.17) is 9.47 Å². The molecule has 0 fully saturated rings. The zero-order chi connectivity index (χ0) is 37.5. The third kappa shape index (κ3) is 11.9. The van der Waals surface area contributed by atoms with Crippen LogP contribution in [0.2, 0.25) is 0 Å². The number of carbonyl (C=O) groups excluding carboxylic acids is 4. The molecule has 3 N–H and O–H groups in total. The van der Waals surface area contributed by atoms with E-state index < -0.39 is 53.8 Å². The minimum absolute atomic E-state index is 0.0406. The number of hydrogen-bond donors (Lipinski definition) is 3. The largest absolute Gasteiger partial charge is 0.459 e. The highest BCUT2D eigenvalue weighted by Gasteiger charge is 2.40. The molecule has 0 radical (unpaired) electrons. The molecule has 0 heterocycles. The molecule has 4 unspecified atom stereocenters. The van der Waals surface area contributed by atoms with Gasteiger partial charge in [0.1, 0.15) is 25.3 Å². The number of ether oxygens (including phenoxy) is 2. The highest BCUT2D eigenvalue weighted by molar-refractivity contribution is 5.89. The lowest BCUT2D eigenvalue weighted by molar-refractivity contribution is -0.153. The van der Waals surface area contributed by atoms with Crippen LogP contribution in [-0.2, 0) is 54.7 Å². The molecule has 2 amide bonds. The molecule has 0 saturated heterocycles. The fraction of sp³-hybridized carbons (Fsp3) is 0.349. The zero-order valence-corrected chi connectivity index (χ0v) is 30.3. The second-order valence-electron chi connectivity index (χ2n) is 13.7. The maximum Gasteiger partial charge on any atom is 0.329 e. The molecule has 4 aromatic rings. The predicted molar refractivity (Wildman–Crippen MR) is 199 cm³/mol. The van der Waals surface area contributed by atoms with Gasteiger partial charge < -0.3 is 25.2 Å². The van der Waals surface area contributed by atoms with Crippen molar-refractivity contribution in [3.63, 3.8) is 0 Å². The third-order valence-electron chi connectivity index (χ3n) is 8.98. The summed E-state index contributed by atoms with van der Waals surface area (Å²) in [6.07, 6.45) is -1.34. The van der Waals surface area contributed by atoms with Gasteiger partial charge >= 0.3 is 11.9 Å². The summed E-state index contributed by atoms with van der Waals surface area (Å²) in [7, 11) is 0. The van der Waals surface area contributed by atoms with Crippen LogP contribution >= 0.6 is 0 Å². The molecule has 4 rings (SSSR count). The van der Waals surface area contributed by atoms with Crippen LogP contribution < -0.4 is 10.6 Å². The summed E-state index contributed by atoms with van der Waals surface area (Å²) in [5, 5.41) is 17.8. The molecule has 274 valence electrons. The van der Waals surface area contributed by atoms with E-state index in [9.17, 15) is 24.3 Å². The number of carbonyl (C=O) groups is 4. The Morgan fingerprint density at radius 1 is 0.500 bits per heavy atom. The Hall–Kier alpha value is -5.28. The van der Waals surface area contributed by atoms with Gasteiger partial charge in [-0.2, -0.15) is 0 Å². The van der Waals surface area contributed by atoms with Gasteiger partial charge in [-0.3, -0.25) is 9.59 Å². The highest BCUT2D eigenvalue weighted by Crippen LogP contribution is 2.25. The maximum atomic E-state index is 14.2. The fourth-order valence-corrected chi connectivity index (χ4v) is 5.91. The first kappa shape index (κ1) is 39.5. The smallest absolute Gasteiger partial charge is 0.329 e. The van der Waals surface area contributed by atoms with Gasteiger partial charge in [-0.15, -0.1) is 0 Å². The number of benzene rings is 4. The molecule has 0 saturated carbocycles. The first-order valence-corrected chi connectivity index (χ1v) is 17.8. The van der Waals surface area contributed by atoms with Crippen molar-refractivity contribution in [1.29, 1.82) is 0 Å². The third-order valence-corrected chi connectivity index (χ3v) is 8.98. The summed E-state index contributed by atoms with van der Waals surface area (Å²) < 4.78 is 11.2. The highest BCUT2D eigenvalue weighted by atomic mass is 16.5. The molecule has 0 aromatic heterocycles. The number of hydrogen-bond acceptors (Lipinski definition) is 7. The molecule has 0 spiro atoms. The summed E-state index contributed by atoms with van der Waals surface area (Å²) in [5.41, 5.74) is 3.14. The van der Waals surface area contributed by atoms with Gasteiger partial charge in [0.05, 0.1) is 17.9 Å². The lowest BCUT2D eigenvalue weighted by Crippen LogP contribution is -2.54. The first-order valence-electron chi connectivity index (χ1n) is 17.8. The van der Waals surface area contributed by atoms with Gasteiger partial charge in [0.2, 0.25) is 11.8 Å². The van der Waals surface area contributed by atoms with Crippen LogP contribution in [0.1, 0.15) is 49.9 Å². The van der Waals surface area contributed by atoms with Crippen molar-refractivity contribution < 1.29 is 33.8 Å². The van der Waals surface area contributed by atoms with Crippen LogP contribution in [0.5, 0.6) is 0 Å². The molecule has 0 aliphatic carbocycles. The van der Waals surface area contributed by atoms with Gasteiger partial charge in [-0.05, 0) is 46.9 Å². The summed E-state index contributed by atoms with van der Waals surface area (Å²) in [4.78, 5) is 55.1. The first-order chi connectivity index (χ1) is 25.0. The summed E-state index contributed by atoms with van der Waals surface area (Å²) in [6.45, 7) is 7.27. The average molecular weight is 707 g/mol. The van der Waals surface area contributed by atoms with E-state index in [1.165, 1.54) is 0 Å². The van der Waals surface area contributed by atoms with Crippen molar-refractivity contribution in [2.24, 2.45) is 23.7 Å². The van der Waals surface area contributed by atoms with Crippen LogP contribution in [0.4, 0.5) is 0 Å². The van der Waals surface area contributed by atoms with Crippen LogP contribution in [0.3, 0.4) is 0 Å². The normalized spacial score (nSPS) is 14.1. The van der Waals surface area contributed by atoms with Crippen molar-refractivity contribution in [1.82, 2.24) is 10.6 Å². The number of rotatable bonds is 18. The van der Waals surface area contributed by atoms with Gasteiger partial charge in [0, 0.05) is 0 Å². The zero-order valence-electron chi connectivity index (χ0n) is 30.3. The summed E-state index contributed by atoms with van der Waals surface area (Å²) in [5.74, 6) is -5.36. The van der Waals surface area contributed by atoms with Crippen LogP contribution in [0, 0.1) is 23.7 Å². The molecule has 52 heavy (non-hydrogen) atoms. The van der Waals surface area contributed by atoms with E-state index >= 15 is 0 Å². The van der Waals surface area contributed by atoms with Gasteiger partial charge in [0.15, 0.2) is 0 Å². The van der Waals surface area contributed by atoms with Gasteiger partial charge in [0.25, 0.3) is 0 Å². The SMILES string of the molecule is CC(C)C(NC(=O)C(Cc1ccccc1)C(O)C(Cc1ccccc1)C(=O)NC(C(=O)OCc1ccccc1)C(C)C)C(=O)OCc1ccccc1. The number of nitrogens with one attached hydrogen (secondary N) is 2. The fourth-order valence-electron chi connectivity index (χ4n) is 5.91. The molecular formula is C43H50N2O7. The Morgan fingerprint density at radius 2 is 0.788 bits per heavy atom. The number of esters is 2. The van der Waals surface area contributed by atoms with E-state index in [1.807, 2.05) is 121 Å². The lowest BCUT2D eigenvalue weighted by atomic mass is 9.81. The second kappa shape index (κ2) is 19.9. The molecular weight excluding hydrogens is 656 g/mol. The van der Waals surface area contributed by atoms with Crippen molar-refractivity contribution in [3.05, 3.63) is 144 Å². The van der Waals surface area contributed by atoms with E-state index in [0.29, 0.717) is 0 Å². The molecule has 0 aliphatic rings. The minimum Gasteiger partial charge on any atom is -0.459 e. The predicted octanol–water partition coefficient (Wildman–Crippen LogP) is 5.83. The molecule has 0 bridgehead atoms. The van der Waals surface area contributed by atoms with E-state index in [0.717, 1.165) is 22.3 Å². The maximum absolute atomic E-state index is 14.2. The quantitative estimate of drug-likeness (QED) is 0.111. The standard InChI is InChI=1S/C43H50N2O7/c1-29(2)37(42(49)51-27-33-21-13-7-14-22-33)44-40(47)35(25-31-17-9-5-10-18-31)39(46)36(26-32-19-11-6-12-20-32)41(48)45-38(30(3)4)43(50)52-28-34-23-15-8-16-24-34/h5-24,29-30,35-39,46H,25-28H2,1-4H3,(H,44,47)(H,45,48). The van der Waals surface area contributed by atoms with E-state index in [2.05, 4.69) is 10.6 Å². The van der Waals surface area contributed by atoms with Gasteiger partial charge in [-0.1, -0.05) is 149 Å². The summed E-state index contributed by atoms with van der Waals surface area (Å²) >= 11 is 0.